The Hall–Kier alpha value is -0.870. The summed E-state index contributed by atoms with van der Waals surface area (Å²) in [5, 5.41) is 8.69. The molecule has 0 aliphatic rings. The molecule has 1 N–H and O–H groups in total. The van der Waals surface area contributed by atoms with Gasteiger partial charge in [0.2, 0.25) is 0 Å². The van der Waals surface area contributed by atoms with E-state index in [1.807, 2.05) is 6.92 Å². The SMILES string of the molecule is C=C(C)CCOCC(OCC)C(=O)O. The lowest BCUT2D eigenvalue weighted by atomic mass is 10.3. The van der Waals surface area contributed by atoms with E-state index in [9.17, 15) is 4.79 Å². The van der Waals surface area contributed by atoms with Gasteiger partial charge in [0.1, 0.15) is 0 Å². The number of carboxylic acid groups (broad SMARTS) is 1. The molecule has 0 heterocycles. The van der Waals surface area contributed by atoms with Crippen molar-refractivity contribution in [3.05, 3.63) is 12.2 Å². The zero-order valence-corrected chi connectivity index (χ0v) is 8.78. The van der Waals surface area contributed by atoms with Crippen molar-refractivity contribution < 1.29 is 19.4 Å². The summed E-state index contributed by atoms with van der Waals surface area (Å²) in [6, 6.07) is 0. The number of carbonyl (C=O) groups is 1. The highest BCUT2D eigenvalue weighted by molar-refractivity contribution is 5.72. The molecule has 82 valence electrons. The Labute approximate surface area is 84.5 Å². The molecule has 1 unspecified atom stereocenters. The number of ether oxygens (including phenoxy) is 2. The Bertz CT molecular complexity index is 189. The van der Waals surface area contributed by atoms with Crippen LogP contribution in [0.4, 0.5) is 0 Å². The van der Waals surface area contributed by atoms with Crippen LogP contribution in [0.3, 0.4) is 0 Å². The van der Waals surface area contributed by atoms with Crippen molar-refractivity contribution in [1.82, 2.24) is 0 Å². The Morgan fingerprint density at radius 1 is 1.57 bits per heavy atom. The van der Waals surface area contributed by atoms with E-state index in [-0.39, 0.29) is 6.61 Å². The summed E-state index contributed by atoms with van der Waals surface area (Å²) in [6.45, 7) is 8.33. The first kappa shape index (κ1) is 13.1. The molecular weight excluding hydrogens is 184 g/mol. The molecule has 0 fully saturated rings. The highest BCUT2D eigenvalue weighted by Gasteiger charge is 2.16. The van der Waals surface area contributed by atoms with Crippen LogP contribution in [0, 0.1) is 0 Å². The monoisotopic (exact) mass is 202 g/mol. The Kier molecular flexibility index (Phi) is 7.06. The maximum absolute atomic E-state index is 10.6. The second-order valence-electron chi connectivity index (χ2n) is 3.06. The molecule has 0 saturated carbocycles. The zero-order valence-electron chi connectivity index (χ0n) is 8.78. The maximum atomic E-state index is 10.6. The summed E-state index contributed by atoms with van der Waals surface area (Å²) in [5.74, 6) is -0.984. The van der Waals surface area contributed by atoms with E-state index in [1.165, 1.54) is 0 Å². The predicted molar refractivity (Wildman–Crippen MR) is 53.3 cm³/mol. The molecule has 14 heavy (non-hydrogen) atoms. The summed E-state index contributed by atoms with van der Waals surface area (Å²) in [7, 11) is 0. The minimum atomic E-state index is -0.984. The molecular formula is C10H18O4. The Morgan fingerprint density at radius 2 is 2.21 bits per heavy atom. The summed E-state index contributed by atoms with van der Waals surface area (Å²) >= 11 is 0. The van der Waals surface area contributed by atoms with Gasteiger partial charge in [-0.2, -0.15) is 0 Å². The molecule has 0 aromatic heterocycles. The van der Waals surface area contributed by atoms with E-state index >= 15 is 0 Å². The number of aliphatic carboxylic acids is 1. The highest BCUT2D eigenvalue weighted by Crippen LogP contribution is 1.98. The maximum Gasteiger partial charge on any atom is 0.335 e. The highest BCUT2D eigenvalue weighted by atomic mass is 16.5. The molecule has 0 amide bonds. The van der Waals surface area contributed by atoms with Gasteiger partial charge in [0, 0.05) is 6.61 Å². The van der Waals surface area contributed by atoms with Crippen LogP contribution >= 0.6 is 0 Å². The summed E-state index contributed by atoms with van der Waals surface area (Å²) in [5.41, 5.74) is 1.02. The third kappa shape index (κ3) is 6.62. The van der Waals surface area contributed by atoms with Crippen molar-refractivity contribution in [2.45, 2.75) is 26.4 Å². The van der Waals surface area contributed by atoms with Gasteiger partial charge in [0.25, 0.3) is 0 Å². The summed E-state index contributed by atoms with van der Waals surface area (Å²) < 4.78 is 10.1. The van der Waals surface area contributed by atoms with E-state index in [0.29, 0.717) is 13.2 Å². The number of carboxylic acids is 1. The Morgan fingerprint density at radius 3 is 2.64 bits per heavy atom. The molecule has 4 heteroatoms. The fraction of sp³-hybridized carbons (Fsp3) is 0.700. The van der Waals surface area contributed by atoms with Gasteiger partial charge in [0.05, 0.1) is 13.2 Å². The Balaban J connectivity index is 3.61. The van der Waals surface area contributed by atoms with Gasteiger partial charge in [-0.15, -0.1) is 6.58 Å². The van der Waals surface area contributed by atoms with Crippen molar-refractivity contribution in [2.75, 3.05) is 19.8 Å². The quantitative estimate of drug-likeness (QED) is 0.478. The molecule has 0 radical (unpaired) electrons. The molecule has 0 aliphatic carbocycles. The van der Waals surface area contributed by atoms with E-state index < -0.39 is 12.1 Å². The topological polar surface area (TPSA) is 55.8 Å². The van der Waals surface area contributed by atoms with E-state index in [2.05, 4.69) is 6.58 Å². The largest absolute Gasteiger partial charge is 0.479 e. The summed E-state index contributed by atoms with van der Waals surface area (Å²) in [6.07, 6.45) is -0.108. The van der Waals surface area contributed by atoms with Crippen LogP contribution in [-0.2, 0) is 14.3 Å². The van der Waals surface area contributed by atoms with Gasteiger partial charge in [-0.3, -0.25) is 0 Å². The predicted octanol–water partition coefficient (Wildman–Crippen LogP) is 1.46. The van der Waals surface area contributed by atoms with Crippen LogP contribution in [0.15, 0.2) is 12.2 Å². The van der Waals surface area contributed by atoms with Crippen molar-refractivity contribution >= 4 is 5.97 Å². The minimum Gasteiger partial charge on any atom is -0.479 e. The van der Waals surface area contributed by atoms with Gasteiger partial charge in [-0.05, 0) is 20.3 Å². The van der Waals surface area contributed by atoms with Crippen LogP contribution in [0.1, 0.15) is 20.3 Å². The fourth-order valence-corrected chi connectivity index (χ4v) is 0.829. The lowest BCUT2D eigenvalue weighted by molar-refractivity contribution is -0.154. The fourth-order valence-electron chi connectivity index (χ4n) is 0.829. The van der Waals surface area contributed by atoms with Crippen molar-refractivity contribution in [3.63, 3.8) is 0 Å². The summed E-state index contributed by atoms with van der Waals surface area (Å²) in [4.78, 5) is 10.6. The number of hydrogen-bond donors (Lipinski definition) is 1. The second kappa shape index (κ2) is 7.53. The molecule has 0 spiro atoms. The van der Waals surface area contributed by atoms with Gasteiger partial charge in [0.15, 0.2) is 6.10 Å². The van der Waals surface area contributed by atoms with Crippen LogP contribution in [0.2, 0.25) is 0 Å². The molecule has 0 aromatic rings. The first-order valence-electron chi connectivity index (χ1n) is 4.64. The molecule has 4 nitrogen and oxygen atoms in total. The van der Waals surface area contributed by atoms with Gasteiger partial charge < -0.3 is 14.6 Å². The van der Waals surface area contributed by atoms with Crippen LogP contribution in [-0.4, -0.2) is 37.0 Å². The normalized spacial score (nSPS) is 12.4. The standard InChI is InChI=1S/C10H18O4/c1-4-14-9(10(11)12)7-13-6-5-8(2)3/h9H,2,4-7H2,1,3H3,(H,11,12). The molecule has 0 saturated heterocycles. The van der Waals surface area contributed by atoms with E-state index in [4.69, 9.17) is 14.6 Å². The van der Waals surface area contributed by atoms with Crippen molar-refractivity contribution in [2.24, 2.45) is 0 Å². The smallest absolute Gasteiger partial charge is 0.335 e. The molecule has 0 rings (SSSR count). The van der Waals surface area contributed by atoms with Crippen molar-refractivity contribution in [1.29, 1.82) is 0 Å². The van der Waals surface area contributed by atoms with Crippen molar-refractivity contribution in [3.8, 4) is 0 Å². The first-order valence-corrected chi connectivity index (χ1v) is 4.64. The third-order valence-electron chi connectivity index (χ3n) is 1.59. The van der Waals surface area contributed by atoms with Gasteiger partial charge in [-0.25, -0.2) is 4.79 Å². The zero-order chi connectivity index (χ0) is 11.0. The first-order chi connectivity index (χ1) is 6.57. The molecule has 0 aromatic carbocycles. The number of hydrogen-bond acceptors (Lipinski definition) is 3. The van der Waals surface area contributed by atoms with Gasteiger partial charge >= 0.3 is 5.97 Å². The van der Waals surface area contributed by atoms with Crippen LogP contribution < -0.4 is 0 Å². The molecule has 1 atom stereocenters. The average molecular weight is 202 g/mol. The lowest BCUT2D eigenvalue weighted by Crippen LogP contribution is -2.29. The van der Waals surface area contributed by atoms with E-state index in [1.54, 1.807) is 6.92 Å². The molecule has 0 aliphatic heterocycles. The second-order valence-corrected chi connectivity index (χ2v) is 3.06. The number of rotatable bonds is 8. The van der Waals surface area contributed by atoms with E-state index in [0.717, 1.165) is 12.0 Å². The third-order valence-corrected chi connectivity index (χ3v) is 1.59. The van der Waals surface area contributed by atoms with Gasteiger partial charge in [-0.1, -0.05) is 5.57 Å². The molecule has 0 bridgehead atoms. The lowest BCUT2D eigenvalue weighted by Gasteiger charge is -2.12. The minimum absolute atomic E-state index is 0.0937. The van der Waals surface area contributed by atoms with Crippen LogP contribution in [0.5, 0.6) is 0 Å². The average Bonchev–Trinajstić information content (AvgIpc) is 2.09. The van der Waals surface area contributed by atoms with Crippen LogP contribution in [0.25, 0.3) is 0 Å².